The lowest BCUT2D eigenvalue weighted by Gasteiger charge is -2.39. The molecule has 5 heteroatoms. The van der Waals surface area contributed by atoms with E-state index in [-0.39, 0.29) is 11.8 Å². The molecule has 30 heavy (non-hydrogen) atoms. The number of piperazine rings is 1. The summed E-state index contributed by atoms with van der Waals surface area (Å²) in [7, 11) is 0. The minimum absolute atomic E-state index is 0.0480. The molecule has 3 rings (SSSR count). The summed E-state index contributed by atoms with van der Waals surface area (Å²) in [5.41, 5.74) is 2.31. The van der Waals surface area contributed by atoms with Gasteiger partial charge in [-0.25, -0.2) is 0 Å². The molecule has 1 aliphatic rings. The van der Waals surface area contributed by atoms with Gasteiger partial charge in [0.15, 0.2) is 0 Å². The third kappa shape index (κ3) is 5.28. The number of carbonyl (C=O) groups excluding carboxylic acids is 2. The first-order valence-electron chi connectivity index (χ1n) is 10.1. The summed E-state index contributed by atoms with van der Waals surface area (Å²) in [5, 5.41) is 9.78. The van der Waals surface area contributed by atoms with Crippen molar-refractivity contribution in [2.75, 3.05) is 13.1 Å². The Morgan fingerprint density at radius 2 is 1.87 bits per heavy atom. The number of amides is 2. The van der Waals surface area contributed by atoms with E-state index in [0.717, 1.165) is 5.56 Å². The highest BCUT2D eigenvalue weighted by Crippen LogP contribution is 2.18. The van der Waals surface area contributed by atoms with Gasteiger partial charge in [0.05, 0.1) is 0 Å². The second kappa shape index (κ2) is 8.73. The number of carbonyl (C=O) groups is 2. The summed E-state index contributed by atoms with van der Waals surface area (Å²) in [6, 6.07) is 14.6. The SMILES string of the molecule is Cc1ccc(CN2CCN(C(=O)c3cccc(C#CC(C)(C)O)c3)C(C)C2=O)cc1. The maximum Gasteiger partial charge on any atom is 0.254 e. The van der Waals surface area contributed by atoms with Gasteiger partial charge < -0.3 is 14.9 Å². The van der Waals surface area contributed by atoms with Crippen molar-refractivity contribution in [1.29, 1.82) is 0 Å². The fourth-order valence-electron chi connectivity index (χ4n) is 3.40. The van der Waals surface area contributed by atoms with Gasteiger partial charge in [-0.05, 0) is 51.5 Å². The highest BCUT2D eigenvalue weighted by atomic mass is 16.3. The van der Waals surface area contributed by atoms with Gasteiger partial charge in [0.2, 0.25) is 5.91 Å². The van der Waals surface area contributed by atoms with E-state index in [9.17, 15) is 14.7 Å². The van der Waals surface area contributed by atoms with Crippen LogP contribution in [0.4, 0.5) is 0 Å². The molecule has 1 saturated heterocycles. The highest BCUT2D eigenvalue weighted by Gasteiger charge is 2.34. The zero-order valence-corrected chi connectivity index (χ0v) is 18.0. The smallest absolute Gasteiger partial charge is 0.254 e. The number of nitrogens with zero attached hydrogens (tertiary/aromatic N) is 2. The molecular weight excluding hydrogens is 376 g/mol. The molecule has 2 amide bonds. The van der Waals surface area contributed by atoms with Crippen LogP contribution < -0.4 is 0 Å². The fraction of sp³-hybridized carbons (Fsp3) is 0.360. The van der Waals surface area contributed by atoms with Gasteiger partial charge in [0.25, 0.3) is 5.91 Å². The van der Waals surface area contributed by atoms with Crippen molar-refractivity contribution >= 4 is 11.8 Å². The third-order valence-corrected chi connectivity index (χ3v) is 5.12. The first-order chi connectivity index (χ1) is 14.1. The summed E-state index contributed by atoms with van der Waals surface area (Å²) in [4.78, 5) is 29.4. The van der Waals surface area contributed by atoms with Crippen molar-refractivity contribution in [3.63, 3.8) is 0 Å². The average Bonchev–Trinajstić information content (AvgIpc) is 2.71. The first kappa shape index (κ1) is 21.6. The van der Waals surface area contributed by atoms with Crippen LogP contribution in [0.1, 0.15) is 47.8 Å². The third-order valence-electron chi connectivity index (χ3n) is 5.12. The van der Waals surface area contributed by atoms with Gasteiger partial charge >= 0.3 is 0 Å². The minimum Gasteiger partial charge on any atom is -0.378 e. The predicted molar refractivity (Wildman–Crippen MR) is 117 cm³/mol. The maximum absolute atomic E-state index is 13.1. The molecule has 1 unspecified atom stereocenters. The summed E-state index contributed by atoms with van der Waals surface area (Å²) in [5.74, 6) is 5.42. The summed E-state index contributed by atoms with van der Waals surface area (Å²) >= 11 is 0. The van der Waals surface area contributed by atoms with E-state index in [2.05, 4.69) is 11.8 Å². The van der Waals surface area contributed by atoms with Crippen LogP contribution in [0.15, 0.2) is 48.5 Å². The van der Waals surface area contributed by atoms with E-state index in [1.807, 2.05) is 36.1 Å². The number of aryl methyl sites for hydroxylation is 1. The molecule has 156 valence electrons. The zero-order chi connectivity index (χ0) is 21.9. The number of rotatable bonds is 3. The Labute approximate surface area is 178 Å². The molecule has 0 saturated carbocycles. The second-order valence-corrected chi connectivity index (χ2v) is 8.31. The topological polar surface area (TPSA) is 60.9 Å². The molecule has 1 aliphatic heterocycles. The standard InChI is InChI=1S/C25H28N2O3/c1-18-8-10-21(11-9-18)17-26-14-15-27(19(2)23(26)28)24(29)22-7-5-6-20(16-22)12-13-25(3,4)30/h5-11,16,19,30H,14-15,17H2,1-4H3. The molecule has 1 fully saturated rings. The molecular formula is C25H28N2O3. The van der Waals surface area contributed by atoms with E-state index in [0.29, 0.717) is 30.8 Å². The molecule has 1 atom stereocenters. The number of hydrogen-bond acceptors (Lipinski definition) is 3. The van der Waals surface area contributed by atoms with Crippen molar-refractivity contribution in [1.82, 2.24) is 9.80 Å². The molecule has 0 spiro atoms. The Morgan fingerprint density at radius 1 is 1.17 bits per heavy atom. The van der Waals surface area contributed by atoms with Gasteiger partial charge in [-0.3, -0.25) is 9.59 Å². The average molecular weight is 405 g/mol. The quantitative estimate of drug-likeness (QED) is 0.800. The molecule has 1 heterocycles. The van der Waals surface area contributed by atoms with Gasteiger partial charge in [-0.2, -0.15) is 0 Å². The molecule has 0 radical (unpaired) electrons. The van der Waals surface area contributed by atoms with Gasteiger partial charge in [0.1, 0.15) is 11.6 Å². The number of hydrogen-bond donors (Lipinski definition) is 1. The molecule has 0 aliphatic carbocycles. The molecule has 0 aromatic heterocycles. The van der Waals surface area contributed by atoms with E-state index < -0.39 is 11.6 Å². The van der Waals surface area contributed by atoms with E-state index >= 15 is 0 Å². The lowest BCUT2D eigenvalue weighted by Crippen LogP contribution is -2.57. The van der Waals surface area contributed by atoms with Crippen LogP contribution in [0, 0.1) is 18.8 Å². The summed E-state index contributed by atoms with van der Waals surface area (Å²) < 4.78 is 0. The summed E-state index contributed by atoms with van der Waals surface area (Å²) in [6.45, 7) is 8.56. The van der Waals surface area contributed by atoms with Gasteiger partial charge in [0, 0.05) is 30.8 Å². The van der Waals surface area contributed by atoms with Crippen LogP contribution in [0.5, 0.6) is 0 Å². The Bertz CT molecular complexity index is 994. The zero-order valence-electron chi connectivity index (χ0n) is 18.0. The molecule has 2 aromatic carbocycles. The largest absolute Gasteiger partial charge is 0.378 e. The van der Waals surface area contributed by atoms with Gasteiger partial charge in [-0.15, -0.1) is 0 Å². The Kier molecular flexibility index (Phi) is 6.28. The predicted octanol–water partition coefficient (Wildman–Crippen LogP) is 2.99. The second-order valence-electron chi connectivity index (χ2n) is 8.31. The monoisotopic (exact) mass is 404 g/mol. The van der Waals surface area contributed by atoms with E-state index in [1.165, 1.54) is 5.56 Å². The maximum atomic E-state index is 13.1. The minimum atomic E-state index is -1.10. The normalized spacial score (nSPS) is 16.8. The van der Waals surface area contributed by atoms with Gasteiger partial charge in [-0.1, -0.05) is 47.7 Å². The number of aliphatic hydroxyl groups is 1. The van der Waals surface area contributed by atoms with Crippen LogP contribution >= 0.6 is 0 Å². The van der Waals surface area contributed by atoms with Crippen molar-refractivity contribution in [2.24, 2.45) is 0 Å². The van der Waals surface area contributed by atoms with Crippen LogP contribution in [-0.2, 0) is 11.3 Å². The van der Waals surface area contributed by atoms with Crippen LogP contribution in [0.2, 0.25) is 0 Å². The Morgan fingerprint density at radius 3 is 2.53 bits per heavy atom. The molecule has 5 nitrogen and oxygen atoms in total. The van der Waals surface area contributed by atoms with Crippen LogP contribution in [-0.4, -0.2) is 51.5 Å². The molecule has 0 bridgehead atoms. The molecule has 2 aromatic rings. The van der Waals surface area contributed by atoms with Crippen LogP contribution in [0.3, 0.4) is 0 Å². The van der Waals surface area contributed by atoms with E-state index in [1.54, 1.807) is 49.9 Å². The van der Waals surface area contributed by atoms with E-state index in [4.69, 9.17) is 0 Å². The number of benzene rings is 2. The van der Waals surface area contributed by atoms with Crippen LogP contribution in [0.25, 0.3) is 0 Å². The van der Waals surface area contributed by atoms with Crippen molar-refractivity contribution in [3.8, 4) is 11.8 Å². The van der Waals surface area contributed by atoms with Crippen molar-refractivity contribution in [3.05, 3.63) is 70.8 Å². The Hall–Kier alpha value is -3.10. The van der Waals surface area contributed by atoms with Crippen molar-refractivity contribution < 1.29 is 14.7 Å². The fourth-order valence-corrected chi connectivity index (χ4v) is 3.40. The van der Waals surface area contributed by atoms with Crippen molar-refractivity contribution in [2.45, 2.75) is 45.9 Å². The lowest BCUT2D eigenvalue weighted by molar-refractivity contribution is -0.140. The highest BCUT2D eigenvalue weighted by molar-refractivity contribution is 5.98. The lowest BCUT2D eigenvalue weighted by atomic mass is 10.1. The Balaban J connectivity index is 1.71. The summed E-state index contributed by atoms with van der Waals surface area (Å²) in [6.07, 6.45) is 0. The molecule has 1 N–H and O–H groups in total. The first-order valence-corrected chi connectivity index (χ1v) is 10.1.